The van der Waals surface area contributed by atoms with E-state index in [9.17, 15) is 4.79 Å². The molecule has 1 heterocycles. The highest BCUT2D eigenvalue weighted by atomic mass is 79.9. The average Bonchev–Trinajstić information content (AvgIpc) is 2.40. The third-order valence-corrected chi connectivity index (χ3v) is 4.10. The Morgan fingerprint density at radius 3 is 2.70 bits per heavy atom. The number of nitrogens with two attached hydrogens (primary N) is 1. The minimum Gasteiger partial charge on any atom is -0.399 e. The highest BCUT2D eigenvalue weighted by Crippen LogP contribution is 2.18. The van der Waals surface area contributed by atoms with Crippen molar-refractivity contribution in [3.05, 3.63) is 28.2 Å². The summed E-state index contributed by atoms with van der Waals surface area (Å²) in [6.45, 7) is 5.49. The van der Waals surface area contributed by atoms with Crippen LogP contribution >= 0.6 is 15.9 Å². The number of anilines is 1. The molecule has 0 saturated carbocycles. The van der Waals surface area contributed by atoms with Crippen LogP contribution in [-0.2, 0) is 0 Å². The molecule has 5 heteroatoms. The van der Waals surface area contributed by atoms with Gasteiger partial charge in [0.25, 0.3) is 5.91 Å². The first-order valence-electron chi connectivity index (χ1n) is 7.17. The fourth-order valence-corrected chi connectivity index (χ4v) is 3.14. The summed E-state index contributed by atoms with van der Waals surface area (Å²) >= 11 is 3.36. The van der Waals surface area contributed by atoms with Crippen LogP contribution in [-0.4, -0.2) is 36.5 Å². The van der Waals surface area contributed by atoms with E-state index in [2.05, 4.69) is 33.1 Å². The zero-order chi connectivity index (χ0) is 14.5. The van der Waals surface area contributed by atoms with Crippen molar-refractivity contribution in [2.45, 2.75) is 32.2 Å². The summed E-state index contributed by atoms with van der Waals surface area (Å²) in [5, 5.41) is 3.11. The van der Waals surface area contributed by atoms with E-state index < -0.39 is 0 Å². The number of nitrogens with zero attached hydrogens (tertiary/aromatic N) is 1. The van der Waals surface area contributed by atoms with Crippen molar-refractivity contribution in [1.29, 1.82) is 0 Å². The van der Waals surface area contributed by atoms with Crippen molar-refractivity contribution in [1.82, 2.24) is 10.2 Å². The highest BCUT2D eigenvalue weighted by Gasteiger charge is 2.20. The van der Waals surface area contributed by atoms with E-state index in [0.29, 0.717) is 11.3 Å². The lowest BCUT2D eigenvalue weighted by atomic mass is 10.0. The van der Waals surface area contributed by atoms with Crippen molar-refractivity contribution in [2.24, 2.45) is 0 Å². The van der Waals surface area contributed by atoms with Crippen LogP contribution in [0.2, 0.25) is 0 Å². The lowest BCUT2D eigenvalue weighted by molar-refractivity contribution is 0.0911. The SMILES string of the molecule is CCCN1CCC(NC(=O)c2cc(N)cc(Br)c2)CC1. The van der Waals surface area contributed by atoms with Gasteiger partial charge in [-0.3, -0.25) is 4.79 Å². The summed E-state index contributed by atoms with van der Waals surface area (Å²) < 4.78 is 0.834. The molecule has 110 valence electrons. The first kappa shape index (κ1) is 15.3. The monoisotopic (exact) mass is 339 g/mol. The van der Waals surface area contributed by atoms with Gasteiger partial charge in [-0.2, -0.15) is 0 Å². The Balaban J connectivity index is 1.89. The van der Waals surface area contributed by atoms with Crippen molar-refractivity contribution >= 4 is 27.5 Å². The van der Waals surface area contributed by atoms with Crippen LogP contribution in [0.4, 0.5) is 5.69 Å². The number of nitrogen functional groups attached to an aromatic ring is 1. The van der Waals surface area contributed by atoms with Crippen LogP contribution in [0.3, 0.4) is 0 Å². The first-order chi connectivity index (χ1) is 9.58. The molecule has 0 unspecified atom stereocenters. The molecule has 2 rings (SSSR count). The third kappa shape index (κ3) is 4.21. The van der Waals surface area contributed by atoms with Gasteiger partial charge in [0.05, 0.1) is 0 Å². The summed E-state index contributed by atoms with van der Waals surface area (Å²) in [5.74, 6) is -0.0352. The predicted octanol–water partition coefficient (Wildman–Crippen LogP) is 2.64. The minimum atomic E-state index is -0.0352. The van der Waals surface area contributed by atoms with Gasteiger partial charge in [0.2, 0.25) is 0 Å². The summed E-state index contributed by atoms with van der Waals surface area (Å²) in [4.78, 5) is 14.7. The zero-order valence-corrected chi connectivity index (χ0v) is 13.4. The Hall–Kier alpha value is -1.07. The van der Waals surface area contributed by atoms with Gasteiger partial charge in [-0.05, 0) is 44.0 Å². The maximum Gasteiger partial charge on any atom is 0.251 e. The second-order valence-electron chi connectivity index (χ2n) is 5.36. The Labute approximate surface area is 128 Å². The molecule has 0 aromatic heterocycles. The maximum absolute atomic E-state index is 12.2. The normalized spacial score (nSPS) is 17.1. The van der Waals surface area contributed by atoms with E-state index in [-0.39, 0.29) is 11.9 Å². The van der Waals surface area contributed by atoms with Gasteiger partial charge in [0.15, 0.2) is 0 Å². The molecule has 1 saturated heterocycles. The quantitative estimate of drug-likeness (QED) is 0.829. The van der Waals surface area contributed by atoms with Crippen LogP contribution in [0.1, 0.15) is 36.5 Å². The fourth-order valence-electron chi connectivity index (χ4n) is 2.63. The predicted molar refractivity (Wildman–Crippen MR) is 85.8 cm³/mol. The number of benzene rings is 1. The number of carbonyl (C=O) groups excluding carboxylic acids is 1. The number of hydrogen-bond acceptors (Lipinski definition) is 3. The van der Waals surface area contributed by atoms with Crippen molar-refractivity contribution in [2.75, 3.05) is 25.4 Å². The molecule has 0 aliphatic carbocycles. The number of carbonyl (C=O) groups is 1. The number of amides is 1. The third-order valence-electron chi connectivity index (χ3n) is 3.64. The molecule has 1 amide bonds. The van der Waals surface area contributed by atoms with Crippen LogP contribution in [0, 0.1) is 0 Å². The summed E-state index contributed by atoms with van der Waals surface area (Å²) in [6.07, 6.45) is 3.23. The smallest absolute Gasteiger partial charge is 0.251 e. The molecular formula is C15H22BrN3O. The van der Waals surface area contributed by atoms with Gasteiger partial charge < -0.3 is 16.0 Å². The molecule has 1 aliphatic rings. The molecule has 0 atom stereocenters. The molecule has 1 aliphatic heterocycles. The van der Waals surface area contributed by atoms with Crippen molar-refractivity contribution < 1.29 is 4.79 Å². The number of piperidine rings is 1. The minimum absolute atomic E-state index is 0.0352. The first-order valence-corrected chi connectivity index (χ1v) is 7.97. The Morgan fingerprint density at radius 2 is 2.10 bits per heavy atom. The van der Waals surface area contributed by atoms with E-state index in [1.807, 2.05) is 0 Å². The van der Waals surface area contributed by atoms with E-state index in [0.717, 1.165) is 36.9 Å². The van der Waals surface area contributed by atoms with Crippen LogP contribution < -0.4 is 11.1 Å². The summed E-state index contributed by atoms with van der Waals surface area (Å²) in [7, 11) is 0. The van der Waals surface area contributed by atoms with Gasteiger partial charge in [-0.1, -0.05) is 22.9 Å². The average molecular weight is 340 g/mol. The lowest BCUT2D eigenvalue weighted by Crippen LogP contribution is -2.44. The second kappa shape index (κ2) is 7.09. The fraction of sp³-hybridized carbons (Fsp3) is 0.533. The second-order valence-corrected chi connectivity index (χ2v) is 6.28. The van der Waals surface area contributed by atoms with Gasteiger partial charge >= 0.3 is 0 Å². The largest absolute Gasteiger partial charge is 0.399 e. The number of nitrogens with one attached hydrogen (secondary N) is 1. The summed E-state index contributed by atoms with van der Waals surface area (Å²) in [6, 6.07) is 5.58. The zero-order valence-electron chi connectivity index (χ0n) is 11.9. The highest BCUT2D eigenvalue weighted by molar-refractivity contribution is 9.10. The van der Waals surface area contributed by atoms with E-state index in [1.54, 1.807) is 18.2 Å². The Bertz CT molecular complexity index is 450. The maximum atomic E-state index is 12.2. The molecule has 0 radical (unpaired) electrons. The topological polar surface area (TPSA) is 58.4 Å². The molecule has 0 bridgehead atoms. The van der Waals surface area contributed by atoms with Gasteiger partial charge in [-0.25, -0.2) is 0 Å². The van der Waals surface area contributed by atoms with E-state index in [4.69, 9.17) is 5.73 Å². The number of rotatable bonds is 4. The van der Waals surface area contributed by atoms with Crippen molar-refractivity contribution in [3.8, 4) is 0 Å². The molecule has 0 spiro atoms. The van der Waals surface area contributed by atoms with Gasteiger partial charge in [-0.15, -0.1) is 0 Å². The molecule has 1 aromatic rings. The molecule has 1 fully saturated rings. The van der Waals surface area contributed by atoms with E-state index in [1.165, 1.54) is 6.42 Å². The van der Waals surface area contributed by atoms with Gasteiger partial charge in [0.1, 0.15) is 0 Å². The molecule has 20 heavy (non-hydrogen) atoms. The van der Waals surface area contributed by atoms with Gasteiger partial charge in [0, 0.05) is 34.9 Å². The van der Waals surface area contributed by atoms with Crippen LogP contribution in [0.5, 0.6) is 0 Å². The number of likely N-dealkylation sites (tertiary alicyclic amines) is 1. The van der Waals surface area contributed by atoms with Crippen LogP contribution in [0.25, 0.3) is 0 Å². The Kier molecular flexibility index (Phi) is 5.43. The number of halogens is 1. The Morgan fingerprint density at radius 1 is 1.40 bits per heavy atom. The standard InChI is InChI=1S/C15H22BrN3O/c1-2-5-19-6-3-14(4-7-19)18-15(20)11-8-12(16)10-13(17)9-11/h8-10,14H,2-7,17H2,1H3,(H,18,20). The molecule has 3 N–H and O–H groups in total. The van der Waals surface area contributed by atoms with E-state index >= 15 is 0 Å². The summed E-state index contributed by atoms with van der Waals surface area (Å²) in [5.41, 5.74) is 6.98. The number of hydrogen-bond donors (Lipinski definition) is 2. The molecule has 1 aromatic carbocycles. The van der Waals surface area contributed by atoms with Crippen molar-refractivity contribution in [3.63, 3.8) is 0 Å². The molecule has 4 nitrogen and oxygen atoms in total. The molecular weight excluding hydrogens is 318 g/mol. The lowest BCUT2D eigenvalue weighted by Gasteiger charge is -2.32. The van der Waals surface area contributed by atoms with Crippen LogP contribution in [0.15, 0.2) is 22.7 Å².